The van der Waals surface area contributed by atoms with Gasteiger partial charge in [-0.05, 0) is 83.2 Å². The molecule has 158 valence electrons. The summed E-state index contributed by atoms with van der Waals surface area (Å²) in [5, 5.41) is 7.27. The van der Waals surface area contributed by atoms with E-state index in [0.717, 1.165) is 49.8 Å². The normalized spacial score (nSPS) is 15.6. The van der Waals surface area contributed by atoms with E-state index in [-0.39, 0.29) is 11.9 Å². The zero-order chi connectivity index (χ0) is 20.6. The van der Waals surface area contributed by atoms with Crippen LogP contribution in [-0.4, -0.2) is 46.8 Å². The lowest BCUT2D eigenvalue weighted by atomic mass is 9.90. The van der Waals surface area contributed by atoms with Crippen molar-refractivity contribution in [2.45, 2.75) is 52.5 Å². The number of nitrogens with zero attached hydrogens (tertiary/aromatic N) is 3. The molecule has 1 amide bonds. The van der Waals surface area contributed by atoms with Crippen molar-refractivity contribution in [3.05, 3.63) is 42.1 Å². The van der Waals surface area contributed by atoms with E-state index < -0.39 is 0 Å². The number of carbonyl (C=O) groups is 1. The summed E-state index contributed by atoms with van der Waals surface area (Å²) in [6.45, 7) is 9.26. The van der Waals surface area contributed by atoms with Crippen molar-refractivity contribution in [2.24, 2.45) is 5.92 Å². The van der Waals surface area contributed by atoms with Crippen LogP contribution in [0.25, 0.3) is 0 Å². The second-order valence-corrected chi connectivity index (χ2v) is 8.14. The second kappa shape index (κ2) is 10.4. The quantitative estimate of drug-likeness (QED) is 0.689. The minimum atomic E-state index is 0.0419. The minimum absolute atomic E-state index is 0.0419. The van der Waals surface area contributed by atoms with Crippen molar-refractivity contribution in [2.75, 3.05) is 31.6 Å². The van der Waals surface area contributed by atoms with Crippen LogP contribution in [0.4, 0.5) is 5.82 Å². The summed E-state index contributed by atoms with van der Waals surface area (Å²) in [6.07, 6.45) is 6.37. The van der Waals surface area contributed by atoms with Gasteiger partial charge in [-0.25, -0.2) is 4.68 Å². The molecule has 6 nitrogen and oxygen atoms in total. The number of amides is 1. The Morgan fingerprint density at radius 1 is 1.21 bits per heavy atom. The summed E-state index contributed by atoms with van der Waals surface area (Å²) >= 11 is 0. The number of benzene rings is 1. The van der Waals surface area contributed by atoms with Crippen LogP contribution < -0.4 is 10.1 Å². The molecule has 2 aromatic rings. The van der Waals surface area contributed by atoms with E-state index in [0.29, 0.717) is 13.2 Å². The molecule has 0 saturated carbocycles. The van der Waals surface area contributed by atoms with Crippen molar-refractivity contribution in [3.8, 4) is 5.75 Å². The molecular weight excluding hydrogens is 364 g/mol. The van der Waals surface area contributed by atoms with Gasteiger partial charge in [-0.1, -0.05) is 12.1 Å². The van der Waals surface area contributed by atoms with Gasteiger partial charge in [0, 0.05) is 12.1 Å². The Bertz CT molecular complexity index is 761. The number of hydrogen-bond acceptors (Lipinski definition) is 4. The molecule has 1 aliphatic heterocycles. The molecule has 29 heavy (non-hydrogen) atoms. The lowest BCUT2D eigenvalue weighted by molar-refractivity contribution is -0.117. The molecular formula is C23H34N4O2. The summed E-state index contributed by atoms with van der Waals surface area (Å²) in [5.41, 5.74) is 1.37. The number of carbonyl (C=O) groups excluding carboxylic acids is 1. The van der Waals surface area contributed by atoms with E-state index in [1.54, 1.807) is 6.20 Å². The standard InChI is InChI=1S/C23H34N4O2/c1-4-29-21-9-7-19(8-10-21)5-6-20-12-15-26(16-13-20)17-23(28)25-22-11-14-24-27(22)18(2)3/h7-11,14,18,20H,4-6,12-13,15-17H2,1-3H3,(H,25,28). The molecule has 1 saturated heterocycles. The van der Waals surface area contributed by atoms with Crippen LogP contribution in [0.1, 0.15) is 51.6 Å². The molecule has 1 fully saturated rings. The fourth-order valence-electron chi connectivity index (χ4n) is 3.93. The van der Waals surface area contributed by atoms with Crippen molar-refractivity contribution < 1.29 is 9.53 Å². The predicted octanol–water partition coefficient (Wildman–Crippen LogP) is 4.15. The number of rotatable bonds is 9. The molecule has 2 heterocycles. The lowest BCUT2D eigenvalue weighted by Gasteiger charge is -2.31. The topological polar surface area (TPSA) is 59.4 Å². The van der Waals surface area contributed by atoms with Gasteiger partial charge in [0.2, 0.25) is 5.91 Å². The van der Waals surface area contributed by atoms with Crippen LogP contribution in [0.2, 0.25) is 0 Å². The largest absolute Gasteiger partial charge is 0.494 e. The van der Waals surface area contributed by atoms with E-state index in [1.165, 1.54) is 12.0 Å². The number of nitrogens with one attached hydrogen (secondary N) is 1. The van der Waals surface area contributed by atoms with Crippen molar-refractivity contribution >= 4 is 11.7 Å². The summed E-state index contributed by atoms with van der Waals surface area (Å²) < 4.78 is 7.35. The third kappa shape index (κ3) is 6.32. The van der Waals surface area contributed by atoms with Gasteiger partial charge < -0.3 is 10.1 Å². The first-order chi connectivity index (χ1) is 14.0. The van der Waals surface area contributed by atoms with Gasteiger partial charge in [-0.2, -0.15) is 5.10 Å². The summed E-state index contributed by atoms with van der Waals surface area (Å²) in [4.78, 5) is 14.7. The van der Waals surface area contributed by atoms with Gasteiger partial charge in [-0.3, -0.25) is 9.69 Å². The van der Waals surface area contributed by atoms with Crippen LogP contribution >= 0.6 is 0 Å². The minimum Gasteiger partial charge on any atom is -0.494 e. The van der Waals surface area contributed by atoms with E-state index >= 15 is 0 Å². The van der Waals surface area contributed by atoms with Crippen LogP contribution in [0.15, 0.2) is 36.5 Å². The highest BCUT2D eigenvalue weighted by atomic mass is 16.5. The SMILES string of the molecule is CCOc1ccc(CCC2CCN(CC(=O)Nc3ccnn3C(C)C)CC2)cc1. The Balaban J connectivity index is 1.37. The van der Waals surface area contributed by atoms with Gasteiger partial charge in [0.1, 0.15) is 11.6 Å². The fraction of sp³-hybridized carbons (Fsp3) is 0.565. The Kier molecular flexibility index (Phi) is 7.69. The van der Waals surface area contributed by atoms with Crippen LogP contribution in [0.5, 0.6) is 5.75 Å². The van der Waals surface area contributed by atoms with E-state index in [4.69, 9.17) is 4.74 Å². The Hall–Kier alpha value is -2.34. The first-order valence-electron chi connectivity index (χ1n) is 10.8. The second-order valence-electron chi connectivity index (χ2n) is 8.14. The zero-order valence-corrected chi connectivity index (χ0v) is 17.9. The predicted molar refractivity (Wildman–Crippen MR) is 116 cm³/mol. The molecule has 6 heteroatoms. The number of piperidine rings is 1. The number of likely N-dealkylation sites (tertiary alicyclic amines) is 1. The fourth-order valence-corrected chi connectivity index (χ4v) is 3.93. The highest BCUT2D eigenvalue weighted by Crippen LogP contribution is 2.23. The van der Waals surface area contributed by atoms with E-state index in [9.17, 15) is 4.79 Å². The third-order valence-corrected chi connectivity index (χ3v) is 5.58. The van der Waals surface area contributed by atoms with E-state index in [1.807, 2.05) is 17.7 Å². The van der Waals surface area contributed by atoms with Crippen LogP contribution in [-0.2, 0) is 11.2 Å². The Labute approximate surface area is 174 Å². The third-order valence-electron chi connectivity index (χ3n) is 5.58. The number of hydrogen-bond donors (Lipinski definition) is 1. The number of ether oxygens (including phenoxy) is 1. The molecule has 0 radical (unpaired) electrons. The molecule has 0 spiro atoms. The van der Waals surface area contributed by atoms with Crippen LogP contribution in [0, 0.1) is 5.92 Å². The van der Waals surface area contributed by atoms with Gasteiger partial charge in [-0.15, -0.1) is 0 Å². The number of aromatic nitrogens is 2. The number of anilines is 1. The molecule has 0 bridgehead atoms. The molecule has 1 aliphatic rings. The molecule has 0 aliphatic carbocycles. The summed E-state index contributed by atoms with van der Waals surface area (Å²) in [7, 11) is 0. The Morgan fingerprint density at radius 3 is 2.59 bits per heavy atom. The molecule has 0 unspecified atom stereocenters. The molecule has 0 atom stereocenters. The Morgan fingerprint density at radius 2 is 1.93 bits per heavy atom. The highest BCUT2D eigenvalue weighted by molar-refractivity contribution is 5.91. The van der Waals surface area contributed by atoms with Crippen molar-refractivity contribution in [3.63, 3.8) is 0 Å². The monoisotopic (exact) mass is 398 g/mol. The number of aryl methyl sites for hydroxylation is 1. The van der Waals surface area contributed by atoms with Crippen molar-refractivity contribution in [1.29, 1.82) is 0 Å². The van der Waals surface area contributed by atoms with Gasteiger partial charge in [0.25, 0.3) is 0 Å². The van der Waals surface area contributed by atoms with Gasteiger partial charge in [0.15, 0.2) is 0 Å². The first kappa shape index (κ1) is 21.4. The molecule has 1 N–H and O–H groups in total. The van der Waals surface area contributed by atoms with Crippen molar-refractivity contribution in [1.82, 2.24) is 14.7 Å². The molecule has 1 aromatic heterocycles. The highest BCUT2D eigenvalue weighted by Gasteiger charge is 2.21. The van der Waals surface area contributed by atoms with Gasteiger partial charge in [0.05, 0.1) is 19.3 Å². The molecule has 1 aromatic carbocycles. The maximum Gasteiger partial charge on any atom is 0.239 e. The van der Waals surface area contributed by atoms with Gasteiger partial charge >= 0.3 is 0 Å². The maximum atomic E-state index is 12.4. The average Bonchev–Trinajstić information content (AvgIpc) is 3.17. The summed E-state index contributed by atoms with van der Waals surface area (Å²) in [6, 6.07) is 10.5. The lowest BCUT2D eigenvalue weighted by Crippen LogP contribution is -2.39. The smallest absolute Gasteiger partial charge is 0.239 e. The zero-order valence-electron chi connectivity index (χ0n) is 17.9. The first-order valence-corrected chi connectivity index (χ1v) is 10.8. The van der Waals surface area contributed by atoms with Crippen LogP contribution in [0.3, 0.4) is 0 Å². The average molecular weight is 399 g/mol. The van der Waals surface area contributed by atoms with E-state index in [2.05, 4.69) is 53.4 Å². The maximum absolute atomic E-state index is 12.4. The molecule has 3 rings (SSSR count). The summed E-state index contributed by atoms with van der Waals surface area (Å²) in [5.74, 6) is 2.50.